The highest BCUT2D eigenvalue weighted by Crippen LogP contribution is 2.42. The van der Waals surface area contributed by atoms with Crippen LogP contribution in [0.4, 0.5) is 0 Å². The van der Waals surface area contributed by atoms with Gasteiger partial charge in [0.15, 0.2) is 0 Å². The predicted octanol–water partition coefficient (Wildman–Crippen LogP) is 4.15. The Morgan fingerprint density at radius 3 is 1.80 bits per heavy atom. The molecule has 0 aliphatic carbocycles. The molecule has 0 amide bonds. The lowest BCUT2D eigenvalue weighted by molar-refractivity contribution is 0.718. The van der Waals surface area contributed by atoms with Crippen LogP contribution in [0.25, 0.3) is 0 Å². The molecule has 1 atom stereocenters. The quantitative estimate of drug-likeness (QED) is 0.607. The van der Waals surface area contributed by atoms with E-state index in [-0.39, 0.29) is 0 Å². The molecule has 0 fully saturated rings. The van der Waals surface area contributed by atoms with Crippen LogP contribution in [0, 0.1) is 0 Å². The molecule has 0 rings (SSSR count). The van der Waals surface area contributed by atoms with Gasteiger partial charge in [-0.25, -0.2) is 0 Å². The molecule has 0 heterocycles. The number of hydrogen-bond acceptors (Lipinski definition) is 1. The van der Waals surface area contributed by atoms with E-state index in [4.69, 9.17) is 0 Å². The van der Waals surface area contributed by atoms with Gasteiger partial charge in [-0.2, -0.15) is 0 Å². The topological polar surface area (TPSA) is 12.0 Å². The summed E-state index contributed by atoms with van der Waals surface area (Å²) in [7, 11) is -2.59. The molecule has 0 aromatic heterocycles. The van der Waals surface area contributed by atoms with Crippen molar-refractivity contribution < 1.29 is 0 Å². The highest BCUT2D eigenvalue weighted by atomic mass is 79.9. The first-order chi connectivity index (χ1) is 6.47. The van der Waals surface area contributed by atoms with E-state index in [9.17, 15) is 0 Å². The van der Waals surface area contributed by atoms with Gasteiger partial charge in [-0.1, -0.05) is 69.8 Å². The summed E-state index contributed by atoms with van der Waals surface area (Å²) in [6, 6.07) is 0. The first-order valence-electron chi connectivity index (χ1n) is 5.86. The molecule has 0 saturated carbocycles. The van der Waals surface area contributed by atoms with Gasteiger partial charge in [0.25, 0.3) is 0 Å². The molecule has 0 aliphatic heterocycles. The molecule has 0 aromatic carbocycles. The van der Waals surface area contributed by atoms with Crippen molar-refractivity contribution in [3.63, 3.8) is 0 Å². The Balaban J connectivity index is 4.91. The maximum absolute atomic E-state index is 4.02. The van der Waals surface area contributed by atoms with Gasteiger partial charge in [0.05, 0.1) is 8.07 Å². The Hall–Kier alpha value is 0.874. The van der Waals surface area contributed by atoms with Crippen LogP contribution in [-0.2, 0) is 0 Å². The molecule has 1 unspecified atom stereocenters. The largest absolute Gasteiger partial charge is 0.337 e. The zero-order valence-electron chi connectivity index (χ0n) is 11.7. The van der Waals surface area contributed by atoms with Gasteiger partial charge in [0.2, 0.25) is 0 Å². The van der Waals surface area contributed by atoms with Gasteiger partial charge in [0, 0.05) is 4.07 Å². The van der Waals surface area contributed by atoms with Crippen molar-refractivity contribution in [2.24, 2.45) is 0 Å². The van der Waals surface area contributed by atoms with Crippen LogP contribution in [0.2, 0.25) is 31.2 Å². The number of rotatable bonds is 4. The molecule has 0 spiro atoms. The first kappa shape index (κ1) is 15.9. The second-order valence-electron chi connectivity index (χ2n) is 6.59. The lowest BCUT2D eigenvalue weighted by Gasteiger charge is -2.46. The van der Waals surface area contributed by atoms with Crippen molar-refractivity contribution >= 4 is 32.2 Å². The van der Waals surface area contributed by atoms with E-state index in [1.165, 1.54) is 0 Å². The summed E-state index contributed by atoms with van der Waals surface area (Å²) in [5, 5.41) is 0.459. The van der Waals surface area contributed by atoms with Crippen molar-refractivity contribution in [2.75, 3.05) is 6.54 Å². The molecule has 4 heteroatoms. The van der Waals surface area contributed by atoms with Crippen molar-refractivity contribution in [3.05, 3.63) is 0 Å². The van der Waals surface area contributed by atoms with Gasteiger partial charge in [-0.05, 0) is 11.6 Å². The minimum atomic E-state index is -1.32. The summed E-state index contributed by atoms with van der Waals surface area (Å²) < 4.78 is 0.720. The van der Waals surface area contributed by atoms with Crippen molar-refractivity contribution in [3.8, 4) is 0 Å². The molecule has 0 bridgehead atoms. The third kappa shape index (κ3) is 3.68. The predicted molar refractivity (Wildman–Crippen MR) is 81.1 cm³/mol. The van der Waals surface area contributed by atoms with Crippen molar-refractivity contribution in [1.29, 1.82) is 0 Å². The van der Waals surface area contributed by atoms with Gasteiger partial charge in [0.1, 0.15) is 8.24 Å². The highest BCUT2D eigenvalue weighted by molar-refractivity contribution is 9.10. The molecule has 1 nitrogen and oxygen atoms in total. The van der Waals surface area contributed by atoms with Crippen LogP contribution in [0.3, 0.4) is 0 Å². The molecular weight excluding hydrogens is 282 g/mol. The minimum absolute atomic E-state index is 0.459. The van der Waals surface area contributed by atoms with E-state index in [0.29, 0.717) is 5.04 Å². The van der Waals surface area contributed by atoms with E-state index in [1.807, 2.05) is 0 Å². The van der Waals surface area contributed by atoms with Crippen LogP contribution in [0.1, 0.15) is 27.7 Å². The van der Waals surface area contributed by atoms with Crippen LogP contribution >= 0.6 is 15.9 Å². The smallest absolute Gasteiger partial charge is 0.130 e. The summed E-state index contributed by atoms with van der Waals surface area (Å²) >= 11 is 4.02. The first-order valence-corrected chi connectivity index (χ1v) is 12.9. The summed E-state index contributed by atoms with van der Waals surface area (Å²) in [6.45, 7) is 20.4. The van der Waals surface area contributed by atoms with Gasteiger partial charge >= 0.3 is 0 Å². The van der Waals surface area contributed by atoms with Gasteiger partial charge in [-0.15, -0.1) is 0 Å². The van der Waals surface area contributed by atoms with Gasteiger partial charge in [-0.3, -0.25) is 0 Å². The Morgan fingerprint density at radius 2 is 1.53 bits per heavy atom. The molecular formula is C11H28BrNSi2. The Morgan fingerprint density at radius 1 is 1.13 bits per heavy atom. The van der Waals surface area contributed by atoms with Crippen LogP contribution in [-0.4, -0.2) is 26.9 Å². The summed E-state index contributed by atoms with van der Waals surface area (Å²) in [4.78, 5) is 3.73. The average molecular weight is 310 g/mol. The van der Waals surface area contributed by atoms with E-state index >= 15 is 0 Å². The number of halogens is 1. The molecule has 0 radical (unpaired) electrons. The third-order valence-corrected chi connectivity index (χ3v) is 22.7. The van der Waals surface area contributed by atoms with Crippen LogP contribution in [0.15, 0.2) is 0 Å². The van der Waals surface area contributed by atoms with E-state index in [1.54, 1.807) is 0 Å². The molecule has 0 saturated heterocycles. The number of nitrogens with one attached hydrogen (secondary N) is 1. The summed E-state index contributed by atoms with van der Waals surface area (Å²) in [5.41, 5.74) is 0. The lowest BCUT2D eigenvalue weighted by atomic mass is 10.2. The fourth-order valence-electron chi connectivity index (χ4n) is 1.83. The highest BCUT2D eigenvalue weighted by Gasteiger charge is 2.48. The minimum Gasteiger partial charge on any atom is -0.337 e. The molecule has 15 heavy (non-hydrogen) atoms. The van der Waals surface area contributed by atoms with E-state index < -0.39 is 16.3 Å². The number of alkyl halides is 1. The second kappa shape index (κ2) is 5.02. The SMILES string of the molecule is CCN[Si](C)(C)C(Br)[Si](C)(C)C(C)(C)C. The van der Waals surface area contributed by atoms with E-state index in [0.717, 1.165) is 10.6 Å². The van der Waals surface area contributed by atoms with Crippen LogP contribution in [0.5, 0.6) is 0 Å². The standard InChI is InChI=1S/C11H28BrNSi2/c1-9-13-15(7,8)10(12)14(5,6)11(2,3)4/h10,13H,9H2,1-8H3. The summed E-state index contributed by atoms with van der Waals surface area (Å²) in [5.74, 6) is 0. The molecule has 92 valence electrons. The Kier molecular flexibility index (Phi) is 5.32. The average Bonchev–Trinajstić information content (AvgIpc) is 2.00. The zero-order chi connectivity index (χ0) is 12.5. The number of hydrogen-bond donors (Lipinski definition) is 1. The van der Waals surface area contributed by atoms with Crippen LogP contribution < -0.4 is 4.98 Å². The van der Waals surface area contributed by atoms with Crippen molar-refractivity contribution in [2.45, 2.75) is 63.0 Å². The maximum atomic E-state index is 4.02. The lowest BCUT2D eigenvalue weighted by Crippen LogP contribution is -2.64. The van der Waals surface area contributed by atoms with E-state index in [2.05, 4.69) is 74.8 Å². The summed E-state index contributed by atoms with van der Waals surface area (Å²) in [6.07, 6.45) is 0. The molecule has 0 aromatic rings. The normalized spacial score (nSPS) is 16.6. The Labute approximate surface area is 107 Å². The second-order valence-corrected chi connectivity index (χ2v) is 19.7. The molecule has 1 N–H and O–H groups in total. The zero-order valence-corrected chi connectivity index (χ0v) is 15.2. The fraction of sp³-hybridized carbons (Fsp3) is 1.00. The van der Waals surface area contributed by atoms with Crippen molar-refractivity contribution in [1.82, 2.24) is 4.98 Å². The monoisotopic (exact) mass is 309 g/mol. The maximum Gasteiger partial charge on any atom is 0.130 e. The third-order valence-electron chi connectivity index (χ3n) is 3.83. The fourth-order valence-corrected chi connectivity index (χ4v) is 15.0. The Bertz CT molecular complexity index is 209. The molecule has 0 aliphatic rings. The van der Waals surface area contributed by atoms with Gasteiger partial charge < -0.3 is 4.98 Å².